The molecule has 0 spiro atoms. The van der Waals surface area contributed by atoms with E-state index in [-0.39, 0.29) is 0 Å². The van der Waals surface area contributed by atoms with E-state index in [4.69, 9.17) is 9.72 Å². The molecule has 2 N–H and O–H groups in total. The first-order valence-electron chi connectivity index (χ1n) is 12.9. The summed E-state index contributed by atoms with van der Waals surface area (Å²) in [5.74, 6) is 2.92. The Labute approximate surface area is 210 Å². The monoisotopic (exact) mass is 469 g/mol. The standard InChI is InChI=1S/C31H39N3O/c1-21(2)13-26-11-12-27(35-20-24-9-7-6-8-10-24)16-29(26)30-14-23(5)28-15-25(18-32-17-22(3)4)19-33-31(28)34-30/h7,9-12,14-16,19,21-22,32H,5-6,8,13,17-18,20H2,1-4H3,(H,33,34). The molecule has 0 fully saturated rings. The number of hydrogen-bond donors (Lipinski definition) is 2. The predicted molar refractivity (Wildman–Crippen MR) is 148 cm³/mol. The van der Waals surface area contributed by atoms with Gasteiger partial charge < -0.3 is 15.4 Å². The molecule has 1 aromatic carbocycles. The second-order valence-corrected chi connectivity index (χ2v) is 10.4. The van der Waals surface area contributed by atoms with Crippen molar-refractivity contribution in [3.63, 3.8) is 0 Å². The van der Waals surface area contributed by atoms with Gasteiger partial charge in [-0.2, -0.15) is 0 Å². The predicted octanol–water partition coefficient (Wildman–Crippen LogP) is 7.16. The van der Waals surface area contributed by atoms with Crippen molar-refractivity contribution in [2.75, 3.05) is 18.5 Å². The van der Waals surface area contributed by atoms with Crippen LogP contribution in [0.25, 0.3) is 11.3 Å². The number of anilines is 1. The number of pyridine rings is 1. The maximum Gasteiger partial charge on any atom is 0.138 e. The first kappa shape index (κ1) is 25.0. The van der Waals surface area contributed by atoms with Crippen molar-refractivity contribution in [1.29, 1.82) is 0 Å². The van der Waals surface area contributed by atoms with Gasteiger partial charge in [0.15, 0.2) is 0 Å². The molecule has 0 amide bonds. The van der Waals surface area contributed by atoms with E-state index in [1.54, 1.807) is 0 Å². The number of nitrogens with zero attached hydrogens (tertiary/aromatic N) is 1. The number of ether oxygens (including phenoxy) is 1. The fraction of sp³-hybridized carbons (Fsp3) is 0.387. The summed E-state index contributed by atoms with van der Waals surface area (Å²) in [6.45, 7) is 15.7. The van der Waals surface area contributed by atoms with Crippen LogP contribution in [0.4, 0.5) is 5.82 Å². The first-order chi connectivity index (χ1) is 16.9. The number of nitrogens with one attached hydrogen (secondary N) is 2. The van der Waals surface area contributed by atoms with Gasteiger partial charge >= 0.3 is 0 Å². The zero-order chi connectivity index (χ0) is 24.8. The first-order valence-corrected chi connectivity index (χ1v) is 12.9. The van der Waals surface area contributed by atoms with E-state index in [0.717, 1.165) is 66.3 Å². The third-order valence-electron chi connectivity index (χ3n) is 6.22. The summed E-state index contributed by atoms with van der Waals surface area (Å²) < 4.78 is 6.18. The van der Waals surface area contributed by atoms with Crippen LogP contribution in [0.3, 0.4) is 0 Å². The minimum atomic E-state index is 0.553. The van der Waals surface area contributed by atoms with Crippen molar-refractivity contribution < 1.29 is 4.74 Å². The highest BCUT2D eigenvalue weighted by molar-refractivity contribution is 5.96. The molecule has 0 unspecified atom stereocenters. The Morgan fingerprint density at radius 1 is 1.09 bits per heavy atom. The summed E-state index contributed by atoms with van der Waals surface area (Å²) >= 11 is 0. The summed E-state index contributed by atoms with van der Waals surface area (Å²) in [5, 5.41) is 7.08. The van der Waals surface area contributed by atoms with Crippen molar-refractivity contribution in [2.45, 2.75) is 53.5 Å². The van der Waals surface area contributed by atoms with E-state index in [0.29, 0.717) is 18.4 Å². The molecule has 4 nitrogen and oxygen atoms in total. The van der Waals surface area contributed by atoms with Gasteiger partial charge in [-0.3, -0.25) is 0 Å². The van der Waals surface area contributed by atoms with E-state index in [2.05, 4.69) is 93.5 Å². The SMILES string of the molecule is C=C1C=C(c2cc(OCC3=CCCC=C3)ccc2CC(C)C)Nc2ncc(CNCC(C)C)cc21. The molecule has 2 heterocycles. The summed E-state index contributed by atoms with van der Waals surface area (Å²) in [5.41, 5.74) is 7.93. The van der Waals surface area contributed by atoms with E-state index < -0.39 is 0 Å². The van der Waals surface area contributed by atoms with E-state index in [1.165, 1.54) is 16.7 Å². The van der Waals surface area contributed by atoms with E-state index >= 15 is 0 Å². The van der Waals surface area contributed by atoms with Crippen LogP contribution in [0.1, 0.15) is 62.8 Å². The van der Waals surface area contributed by atoms with Crippen LogP contribution >= 0.6 is 0 Å². The molecule has 4 rings (SSSR count). The zero-order valence-corrected chi connectivity index (χ0v) is 21.7. The lowest BCUT2D eigenvalue weighted by atomic mass is 9.92. The van der Waals surface area contributed by atoms with Gasteiger partial charge in [0, 0.05) is 29.6 Å². The zero-order valence-electron chi connectivity index (χ0n) is 21.7. The Balaban J connectivity index is 1.56. The molecular weight excluding hydrogens is 430 g/mol. The molecule has 35 heavy (non-hydrogen) atoms. The van der Waals surface area contributed by atoms with Gasteiger partial charge in [-0.1, -0.05) is 58.6 Å². The van der Waals surface area contributed by atoms with Gasteiger partial charge in [-0.15, -0.1) is 0 Å². The number of fused-ring (bicyclic) bond motifs is 1. The summed E-state index contributed by atoms with van der Waals surface area (Å²) in [6, 6.07) is 8.65. The third kappa shape index (κ3) is 6.73. The lowest BCUT2D eigenvalue weighted by molar-refractivity contribution is 0.354. The number of rotatable bonds is 10. The molecule has 0 radical (unpaired) electrons. The van der Waals surface area contributed by atoms with E-state index in [1.807, 2.05) is 6.20 Å². The Hall–Kier alpha value is -3.11. The highest BCUT2D eigenvalue weighted by Gasteiger charge is 2.19. The molecule has 0 saturated carbocycles. The maximum absolute atomic E-state index is 6.18. The third-order valence-corrected chi connectivity index (χ3v) is 6.22. The van der Waals surface area contributed by atoms with Crippen LogP contribution in [-0.2, 0) is 13.0 Å². The minimum absolute atomic E-state index is 0.553. The lowest BCUT2D eigenvalue weighted by Gasteiger charge is -2.24. The van der Waals surface area contributed by atoms with Crippen LogP contribution in [0.5, 0.6) is 5.75 Å². The Morgan fingerprint density at radius 3 is 2.69 bits per heavy atom. The molecule has 0 bridgehead atoms. The summed E-state index contributed by atoms with van der Waals surface area (Å²) in [6.07, 6.45) is 14.0. The topological polar surface area (TPSA) is 46.2 Å². The Kier molecular flexibility index (Phi) is 8.25. The van der Waals surface area contributed by atoms with Gasteiger partial charge in [0.1, 0.15) is 18.2 Å². The fourth-order valence-corrected chi connectivity index (χ4v) is 4.47. The average Bonchev–Trinajstić information content (AvgIpc) is 2.83. The molecule has 1 aromatic heterocycles. The van der Waals surface area contributed by atoms with Crippen molar-refractivity contribution >= 4 is 17.1 Å². The molecule has 2 aliphatic rings. The number of allylic oxidation sites excluding steroid dienone is 4. The van der Waals surface area contributed by atoms with Gasteiger partial charge in [-0.25, -0.2) is 4.98 Å². The minimum Gasteiger partial charge on any atom is -0.489 e. The molecule has 4 heteroatoms. The van der Waals surface area contributed by atoms with E-state index in [9.17, 15) is 0 Å². The second-order valence-electron chi connectivity index (χ2n) is 10.4. The molecule has 0 saturated heterocycles. The highest BCUT2D eigenvalue weighted by Crippen LogP contribution is 2.36. The van der Waals surface area contributed by atoms with Crippen LogP contribution in [0.15, 0.2) is 66.9 Å². The molecule has 2 aromatic rings. The van der Waals surface area contributed by atoms with Gasteiger partial charge in [0.2, 0.25) is 0 Å². The molecule has 0 atom stereocenters. The van der Waals surface area contributed by atoms with Crippen molar-refractivity contribution in [3.8, 4) is 5.75 Å². The number of benzene rings is 1. The largest absolute Gasteiger partial charge is 0.489 e. The normalized spacial score (nSPS) is 15.1. The molecular formula is C31H39N3O. The number of aromatic nitrogens is 1. The quantitative estimate of drug-likeness (QED) is 0.387. The van der Waals surface area contributed by atoms with Gasteiger partial charge in [0.05, 0.1) is 0 Å². The lowest BCUT2D eigenvalue weighted by Crippen LogP contribution is -2.19. The second kappa shape index (κ2) is 11.5. The van der Waals surface area contributed by atoms with Crippen molar-refractivity contribution in [2.24, 2.45) is 11.8 Å². The molecule has 1 aliphatic carbocycles. The average molecular weight is 470 g/mol. The van der Waals surface area contributed by atoms with Crippen molar-refractivity contribution in [3.05, 3.63) is 89.2 Å². The Bertz CT molecular complexity index is 1150. The van der Waals surface area contributed by atoms with Crippen LogP contribution in [-0.4, -0.2) is 18.1 Å². The summed E-state index contributed by atoms with van der Waals surface area (Å²) in [7, 11) is 0. The summed E-state index contributed by atoms with van der Waals surface area (Å²) in [4.78, 5) is 4.75. The fourth-order valence-electron chi connectivity index (χ4n) is 4.47. The smallest absolute Gasteiger partial charge is 0.138 e. The number of hydrogen-bond acceptors (Lipinski definition) is 4. The van der Waals surface area contributed by atoms with Crippen LogP contribution < -0.4 is 15.4 Å². The molecule has 1 aliphatic heterocycles. The van der Waals surface area contributed by atoms with Crippen LogP contribution in [0, 0.1) is 11.8 Å². The van der Waals surface area contributed by atoms with Gasteiger partial charge in [-0.05, 0) is 84.2 Å². The van der Waals surface area contributed by atoms with Crippen LogP contribution in [0.2, 0.25) is 0 Å². The van der Waals surface area contributed by atoms with Gasteiger partial charge in [0.25, 0.3) is 0 Å². The molecule has 184 valence electrons. The maximum atomic E-state index is 6.18. The Morgan fingerprint density at radius 2 is 1.94 bits per heavy atom. The highest BCUT2D eigenvalue weighted by atomic mass is 16.5. The van der Waals surface area contributed by atoms with Crippen molar-refractivity contribution in [1.82, 2.24) is 10.3 Å².